The van der Waals surface area contributed by atoms with Gasteiger partial charge < -0.3 is 15.9 Å². The molecule has 1 unspecified atom stereocenters. The van der Waals surface area contributed by atoms with Crippen molar-refractivity contribution in [1.29, 1.82) is 0 Å². The molecule has 1 rings (SSSR count). The number of aliphatic hydroxyl groups excluding tert-OH is 1. The molecule has 0 saturated heterocycles. The van der Waals surface area contributed by atoms with E-state index in [2.05, 4.69) is 0 Å². The molecule has 16 heavy (non-hydrogen) atoms. The maximum atomic E-state index is 10.00. The molecular formula is C13H21NO2. The first-order valence-corrected chi connectivity index (χ1v) is 5.70. The van der Waals surface area contributed by atoms with E-state index < -0.39 is 12.1 Å². The van der Waals surface area contributed by atoms with Crippen LogP contribution in [0.4, 0.5) is 0 Å². The van der Waals surface area contributed by atoms with E-state index in [-0.39, 0.29) is 11.7 Å². The van der Waals surface area contributed by atoms with Crippen LogP contribution in [0.25, 0.3) is 0 Å². The van der Waals surface area contributed by atoms with Gasteiger partial charge in [0.15, 0.2) is 0 Å². The second kappa shape index (κ2) is 5.32. The third-order valence-corrected chi connectivity index (χ3v) is 3.14. The van der Waals surface area contributed by atoms with Crippen LogP contribution in [0.1, 0.15) is 37.4 Å². The van der Waals surface area contributed by atoms with Gasteiger partial charge in [0.1, 0.15) is 5.75 Å². The quantitative estimate of drug-likeness (QED) is 0.732. The Labute approximate surface area is 96.9 Å². The lowest BCUT2D eigenvalue weighted by atomic mass is 9.91. The molecule has 0 aliphatic rings. The molecule has 3 heteroatoms. The van der Waals surface area contributed by atoms with Gasteiger partial charge in [-0.15, -0.1) is 0 Å². The summed E-state index contributed by atoms with van der Waals surface area (Å²) in [6.45, 7) is 5.87. The van der Waals surface area contributed by atoms with Crippen LogP contribution < -0.4 is 5.73 Å². The second-order valence-corrected chi connectivity index (χ2v) is 4.46. The number of benzene rings is 1. The number of rotatable bonds is 4. The van der Waals surface area contributed by atoms with Crippen LogP contribution >= 0.6 is 0 Å². The molecule has 0 fully saturated rings. The number of hydrogen-bond acceptors (Lipinski definition) is 3. The molecule has 90 valence electrons. The highest BCUT2D eigenvalue weighted by atomic mass is 16.3. The number of aromatic hydroxyl groups is 1. The predicted molar refractivity (Wildman–Crippen MR) is 65.2 cm³/mol. The van der Waals surface area contributed by atoms with E-state index in [0.717, 1.165) is 12.0 Å². The lowest BCUT2D eigenvalue weighted by Gasteiger charge is -2.24. The Balaban J connectivity index is 2.91. The Kier molecular flexibility index (Phi) is 4.33. The molecule has 1 aromatic carbocycles. The highest BCUT2D eigenvalue weighted by molar-refractivity contribution is 5.38. The summed E-state index contributed by atoms with van der Waals surface area (Å²) in [6, 6.07) is 4.80. The van der Waals surface area contributed by atoms with Crippen molar-refractivity contribution >= 4 is 0 Å². The fourth-order valence-corrected chi connectivity index (χ4v) is 1.71. The number of nitrogens with two attached hydrogens (primary N) is 1. The van der Waals surface area contributed by atoms with Gasteiger partial charge in [-0.05, 0) is 24.5 Å². The molecule has 0 aliphatic heterocycles. The van der Waals surface area contributed by atoms with E-state index >= 15 is 0 Å². The topological polar surface area (TPSA) is 66.5 Å². The highest BCUT2D eigenvalue weighted by Gasteiger charge is 2.23. The molecule has 3 nitrogen and oxygen atoms in total. The van der Waals surface area contributed by atoms with Crippen LogP contribution in [-0.2, 0) is 0 Å². The SMILES string of the molecule is CCC(C)[C@H](O)[C@H](N)c1ccc(C)cc1O. The standard InChI is InChI=1S/C13H21NO2/c1-4-9(3)13(16)12(14)10-6-5-8(2)7-11(10)15/h5-7,9,12-13,15-16H,4,14H2,1-3H3/t9?,12-,13+/m1/s1. The summed E-state index contributed by atoms with van der Waals surface area (Å²) >= 11 is 0. The smallest absolute Gasteiger partial charge is 0.120 e. The highest BCUT2D eigenvalue weighted by Crippen LogP contribution is 2.28. The molecule has 0 radical (unpaired) electrons. The van der Waals surface area contributed by atoms with Crippen LogP contribution in [-0.4, -0.2) is 16.3 Å². The summed E-state index contributed by atoms with van der Waals surface area (Å²) in [5, 5.41) is 19.8. The van der Waals surface area contributed by atoms with Gasteiger partial charge in [-0.25, -0.2) is 0 Å². The molecule has 0 bridgehead atoms. The minimum atomic E-state index is -0.626. The number of phenolic OH excluding ortho intramolecular Hbond substituents is 1. The Morgan fingerprint density at radius 3 is 2.50 bits per heavy atom. The fourth-order valence-electron chi connectivity index (χ4n) is 1.71. The molecule has 0 saturated carbocycles. The van der Waals surface area contributed by atoms with Crippen molar-refractivity contribution in [2.75, 3.05) is 0 Å². The number of aryl methyl sites for hydroxylation is 1. The molecule has 1 aromatic rings. The van der Waals surface area contributed by atoms with Gasteiger partial charge >= 0.3 is 0 Å². The van der Waals surface area contributed by atoms with E-state index in [4.69, 9.17) is 5.73 Å². The summed E-state index contributed by atoms with van der Waals surface area (Å²) in [5.74, 6) is 0.283. The third kappa shape index (κ3) is 2.74. The monoisotopic (exact) mass is 223 g/mol. The summed E-state index contributed by atoms with van der Waals surface area (Å²) < 4.78 is 0. The molecule has 0 spiro atoms. The largest absolute Gasteiger partial charge is 0.508 e. The normalized spacial score (nSPS) is 16.8. The van der Waals surface area contributed by atoms with Gasteiger partial charge in [0.05, 0.1) is 12.1 Å². The van der Waals surface area contributed by atoms with E-state index in [0.29, 0.717) is 5.56 Å². The zero-order valence-corrected chi connectivity index (χ0v) is 10.1. The molecule has 0 aliphatic carbocycles. The maximum Gasteiger partial charge on any atom is 0.120 e. The van der Waals surface area contributed by atoms with Crippen molar-refractivity contribution in [2.24, 2.45) is 11.7 Å². The first kappa shape index (κ1) is 13.0. The van der Waals surface area contributed by atoms with Crippen molar-refractivity contribution in [3.8, 4) is 5.75 Å². The lowest BCUT2D eigenvalue weighted by molar-refractivity contribution is 0.0871. The van der Waals surface area contributed by atoms with Gasteiger partial charge in [-0.2, -0.15) is 0 Å². The summed E-state index contributed by atoms with van der Waals surface area (Å²) in [4.78, 5) is 0. The van der Waals surface area contributed by atoms with Crippen molar-refractivity contribution in [3.63, 3.8) is 0 Å². The van der Waals surface area contributed by atoms with E-state index in [1.54, 1.807) is 12.1 Å². The van der Waals surface area contributed by atoms with Gasteiger partial charge in [0.2, 0.25) is 0 Å². The van der Waals surface area contributed by atoms with Crippen LogP contribution in [0.2, 0.25) is 0 Å². The van der Waals surface area contributed by atoms with Crippen LogP contribution in [0.15, 0.2) is 18.2 Å². The molecule has 0 heterocycles. The average Bonchev–Trinajstić information content (AvgIpc) is 2.26. The van der Waals surface area contributed by atoms with E-state index in [1.807, 2.05) is 26.8 Å². The predicted octanol–water partition coefficient (Wildman–Crippen LogP) is 2.11. The minimum Gasteiger partial charge on any atom is -0.508 e. The first-order valence-electron chi connectivity index (χ1n) is 5.70. The van der Waals surface area contributed by atoms with E-state index in [9.17, 15) is 10.2 Å². The number of aliphatic hydroxyl groups is 1. The molecule has 0 aromatic heterocycles. The zero-order valence-electron chi connectivity index (χ0n) is 10.1. The van der Waals surface area contributed by atoms with Gasteiger partial charge in [-0.3, -0.25) is 0 Å². The van der Waals surface area contributed by atoms with Crippen LogP contribution in [0, 0.1) is 12.8 Å². The van der Waals surface area contributed by atoms with Gasteiger partial charge in [0, 0.05) is 5.56 Å². The Bertz CT molecular complexity index is 352. The molecule has 4 N–H and O–H groups in total. The Morgan fingerprint density at radius 1 is 1.38 bits per heavy atom. The summed E-state index contributed by atoms with van der Waals surface area (Å²) in [6.07, 6.45) is 0.236. The summed E-state index contributed by atoms with van der Waals surface area (Å²) in [5.41, 5.74) is 7.54. The third-order valence-electron chi connectivity index (χ3n) is 3.14. The van der Waals surface area contributed by atoms with Crippen LogP contribution in [0.3, 0.4) is 0 Å². The maximum absolute atomic E-state index is 10.00. The fraction of sp³-hybridized carbons (Fsp3) is 0.538. The van der Waals surface area contributed by atoms with Gasteiger partial charge in [-0.1, -0.05) is 32.4 Å². The number of phenols is 1. The zero-order chi connectivity index (χ0) is 12.3. The van der Waals surface area contributed by atoms with Crippen molar-refractivity contribution in [2.45, 2.75) is 39.3 Å². The minimum absolute atomic E-state index is 0.121. The first-order chi connectivity index (χ1) is 7.47. The Hall–Kier alpha value is -1.06. The molecular weight excluding hydrogens is 202 g/mol. The van der Waals surface area contributed by atoms with Crippen molar-refractivity contribution < 1.29 is 10.2 Å². The average molecular weight is 223 g/mol. The van der Waals surface area contributed by atoms with Crippen molar-refractivity contribution in [3.05, 3.63) is 29.3 Å². The number of hydrogen-bond donors (Lipinski definition) is 3. The van der Waals surface area contributed by atoms with E-state index in [1.165, 1.54) is 0 Å². The molecule has 3 atom stereocenters. The lowest BCUT2D eigenvalue weighted by Crippen LogP contribution is -2.31. The second-order valence-electron chi connectivity index (χ2n) is 4.46. The van der Waals surface area contributed by atoms with Crippen molar-refractivity contribution in [1.82, 2.24) is 0 Å². The Morgan fingerprint density at radius 2 is 2.00 bits per heavy atom. The summed E-state index contributed by atoms with van der Waals surface area (Å²) in [7, 11) is 0. The van der Waals surface area contributed by atoms with Crippen LogP contribution in [0.5, 0.6) is 5.75 Å². The molecule has 0 amide bonds. The van der Waals surface area contributed by atoms with Gasteiger partial charge in [0.25, 0.3) is 0 Å².